The van der Waals surface area contributed by atoms with E-state index in [1.54, 1.807) is 32.0 Å². The molecule has 30 heavy (non-hydrogen) atoms. The van der Waals surface area contributed by atoms with Crippen LogP contribution in [0.2, 0.25) is 10.0 Å². The lowest BCUT2D eigenvalue weighted by Gasteiger charge is -2.25. The van der Waals surface area contributed by atoms with Gasteiger partial charge in [0, 0.05) is 40.8 Å². The standard InChI is InChI=1S/C21H21Cl2N3O4/c1-21(2,12-3-5-16(27)24-10-12)20(30)25-9-11-7-14(22)18(15(23)8-11)13-4-6-17(28)26-19(13)29/h3,5,7-8,10,13H,4,6,9H2,1-2H3,(H,24,27)(H,25,30)(H,26,28,29). The molecular weight excluding hydrogens is 429 g/mol. The van der Waals surface area contributed by atoms with Crippen LogP contribution in [0.3, 0.4) is 0 Å². The molecule has 0 bridgehead atoms. The Labute approximate surface area is 183 Å². The fourth-order valence-corrected chi connectivity index (χ4v) is 4.17. The Kier molecular flexibility index (Phi) is 6.33. The van der Waals surface area contributed by atoms with Gasteiger partial charge in [0.2, 0.25) is 23.3 Å². The summed E-state index contributed by atoms with van der Waals surface area (Å²) in [6.45, 7) is 3.69. The Balaban J connectivity index is 1.74. The summed E-state index contributed by atoms with van der Waals surface area (Å²) in [5, 5.41) is 5.76. The summed E-state index contributed by atoms with van der Waals surface area (Å²) in [4.78, 5) is 50.1. The van der Waals surface area contributed by atoms with Gasteiger partial charge >= 0.3 is 0 Å². The highest BCUT2D eigenvalue weighted by atomic mass is 35.5. The van der Waals surface area contributed by atoms with E-state index in [-0.39, 0.29) is 30.3 Å². The second kappa shape index (κ2) is 8.62. The molecule has 1 aliphatic rings. The van der Waals surface area contributed by atoms with Crippen molar-refractivity contribution in [2.75, 3.05) is 0 Å². The third-order valence-corrected chi connectivity index (χ3v) is 5.88. The summed E-state index contributed by atoms with van der Waals surface area (Å²) in [6, 6.07) is 6.29. The number of hydrogen-bond donors (Lipinski definition) is 3. The third kappa shape index (κ3) is 4.57. The van der Waals surface area contributed by atoms with Gasteiger partial charge in [0.15, 0.2) is 0 Å². The second-order valence-electron chi connectivity index (χ2n) is 7.73. The number of carbonyl (C=O) groups excluding carboxylic acids is 3. The van der Waals surface area contributed by atoms with Crippen LogP contribution in [0.15, 0.2) is 35.3 Å². The van der Waals surface area contributed by atoms with Gasteiger partial charge in [0.1, 0.15) is 0 Å². The summed E-state index contributed by atoms with van der Waals surface area (Å²) < 4.78 is 0. The molecule has 158 valence electrons. The molecule has 9 heteroatoms. The van der Waals surface area contributed by atoms with Gasteiger partial charge in [0.05, 0.1) is 11.3 Å². The number of hydrogen-bond acceptors (Lipinski definition) is 4. The molecule has 1 aliphatic heterocycles. The number of benzene rings is 1. The molecule has 0 saturated carbocycles. The molecule has 0 aliphatic carbocycles. The van der Waals surface area contributed by atoms with E-state index < -0.39 is 17.2 Å². The predicted octanol–water partition coefficient (Wildman–Crippen LogP) is 2.80. The van der Waals surface area contributed by atoms with Gasteiger partial charge in [-0.2, -0.15) is 0 Å². The number of H-pyrrole nitrogens is 1. The van der Waals surface area contributed by atoms with Crippen molar-refractivity contribution in [3.05, 3.63) is 67.6 Å². The first-order chi connectivity index (χ1) is 14.1. The van der Waals surface area contributed by atoms with Gasteiger partial charge in [-0.15, -0.1) is 0 Å². The SMILES string of the molecule is CC(C)(C(=O)NCc1cc(Cl)c(C2CCC(=O)NC2=O)c(Cl)c1)c1ccc(=O)[nH]c1. The zero-order valence-electron chi connectivity index (χ0n) is 16.5. The van der Waals surface area contributed by atoms with E-state index in [1.165, 1.54) is 12.3 Å². The largest absolute Gasteiger partial charge is 0.351 e. The van der Waals surface area contributed by atoms with Crippen molar-refractivity contribution in [3.8, 4) is 0 Å². The maximum Gasteiger partial charge on any atom is 0.247 e. The zero-order chi connectivity index (χ0) is 22.1. The number of nitrogens with one attached hydrogen (secondary N) is 3. The van der Waals surface area contributed by atoms with Crippen LogP contribution in [-0.2, 0) is 26.3 Å². The quantitative estimate of drug-likeness (QED) is 0.609. The molecule has 3 amide bonds. The van der Waals surface area contributed by atoms with Gasteiger partial charge in [-0.1, -0.05) is 29.3 Å². The van der Waals surface area contributed by atoms with E-state index in [0.29, 0.717) is 33.2 Å². The average Bonchev–Trinajstić information content (AvgIpc) is 2.67. The average molecular weight is 450 g/mol. The highest BCUT2D eigenvalue weighted by molar-refractivity contribution is 6.36. The monoisotopic (exact) mass is 449 g/mol. The van der Waals surface area contributed by atoms with Crippen LogP contribution in [-0.4, -0.2) is 22.7 Å². The van der Waals surface area contributed by atoms with Crippen LogP contribution >= 0.6 is 23.2 Å². The van der Waals surface area contributed by atoms with Crippen molar-refractivity contribution in [2.45, 2.75) is 44.6 Å². The molecular formula is C21H21Cl2N3O4. The van der Waals surface area contributed by atoms with Gasteiger partial charge in [-0.05, 0) is 43.5 Å². The van der Waals surface area contributed by atoms with Crippen LogP contribution in [0, 0.1) is 0 Å². The molecule has 1 saturated heterocycles. The van der Waals surface area contributed by atoms with Crippen LogP contribution in [0.4, 0.5) is 0 Å². The Bertz CT molecular complexity index is 1030. The normalized spacial score (nSPS) is 16.9. The van der Waals surface area contributed by atoms with Crippen molar-refractivity contribution in [1.29, 1.82) is 0 Å². The molecule has 0 radical (unpaired) electrons. The molecule has 7 nitrogen and oxygen atoms in total. The number of halogens is 2. The number of carbonyl (C=O) groups is 3. The minimum atomic E-state index is -0.871. The van der Waals surface area contributed by atoms with Gasteiger partial charge in [0.25, 0.3) is 0 Å². The van der Waals surface area contributed by atoms with Gasteiger partial charge in [-0.3, -0.25) is 24.5 Å². The van der Waals surface area contributed by atoms with Crippen LogP contribution in [0.25, 0.3) is 0 Å². The smallest absolute Gasteiger partial charge is 0.247 e. The number of aromatic nitrogens is 1. The summed E-state index contributed by atoms with van der Waals surface area (Å²) in [5.74, 6) is -1.56. The summed E-state index contributed by atoms with van der Waals surface area (Å²) in [7, 11) is 0. The Morgan fingerprint density at radius 3 is 2.40 bits per heavy atom. The molecule has 3 rings (SSSR count). The second-order valence-corrected chi connectivity index (χ2v) is 8.54. The fraction of sp³-hybridized carbons (Fsp3) is 0.333. The molecule has 1 aromatic heterocycles. The summed E-state index contributed by atoms with van der Waals surface area (Å²) in [5.41, 5.74) is 0.711. The molecule has 1 atom stereocenters. The maximum absolute atomic E-state index is 12.7. The molecule has 2 aromatic rings. The predicted molar refractivity (Wildman–Crippen MR) is 114 cm³/mol. The van der Waals surface area contributed by atoms with Crippen molar-refractivity contribution in [3.63, 3.8) is 0 Å². The van der Waals surface area contributed by atoms with E-state index in [1.807, 2.05) is 0 Å². The number of rotatable bonds is 5. The van der Waals surface area contributed by atoms with Crippen molar-refractivity contribution in [2.24, 2.45) is 0 Å². The summed E-state index contributed by atoms with van der Waals surface area (Å²) in [6.07, 6.45) is 2.08. The third-order valence-electron chi connectivity index (χ3n) is 5.25. The lowest BCUT2D eigenvalue weighted by Crippen LogP contribution is -2.40. The minimum absolute atomic E-state index is 0.181. The van der Waals surface area contributed by atoms with Crippen LogP contribution in [0.5, 0.6) is 0 Å². The summed E-state index contributed by atoms with van der Waals surface area (Å²) >= 11 is 12.8. The first-order valence-electron chi connectivity index (χ1n) is 9.38. The minimum Gasteiger partial charge on any atom is -0.351 e. The Morgan fingerprint density at radius 1 is 1.17 bits per heavy atom. The highest BCUT2D eigenvalue weighted by Gasteiger charge is 2.32. The van der Waals surface area contributed by atoms with Gasteiger partial charge < -0.3 is 10.3 Å². The van der Waals surface area contributed by atoms with E-state index >= 15 is 0 Å². The van der Waals surface area contributed by atoms with Crippen molar-refractivity contribution in [1.82, 2.24) is 15.6 Å². The van der Waals surface area contributed by atoms with E-state index in [2.05, 4.69) is 15.6 Å². The van der Waals surface area contributed by atoms with Crippen LogP contribution in [0.1, 0.15) is 49.3 Å². The van der Waals surface area contributed by atoms with Crippen molar-refractivity contribution >= 4 is 40.9 Å². The van der Waals surface area contributed by atoms with E-state index in [0.717, 1.165) is 0 Å². The number of pyridine rings is 1. The first-order valence-corrected chi connectivity index (χ1v) is 10.1. The molecule has 1 aromatic carbocycles. The van der Waals surface area contributed by atoms with E-state index in [9.17, 15) is 19.2 Å². The molecule has 1 unspecified atom stereocenters. The molecule has 3 N–H and O–H groups in total. The number of aromatic amines is 1. The molecule has 2 heterocycles. The topological polar surface area (TPSA) is 108 Å². The zero-order valence-corrected chi connectivity index (χ0v) is 18.0. The number of piperidine rings is 1. The Hall–Kier alpha value is -2.64. The van der Waals surface area contributed by atoms with E-state index in [4.69, 9.17) is 23.2 Å². The number of imide groups is 1. The van der Waals surface area contributed by atoms with Crippen molar-refractivity contribution < 1.29 is 14.4 Å². The highest BCUT2D eigenvalue weighted by Crippen LogP contribution is 2.37. The number of amides is 3. The Morgan fingerprint density at radius 2 is 1.83 bits per heavy atom. The fourth-order valence-electron chi connectivity index (χ4n) is 3.37. The van der Waals surface area contributed by atoms with Gasteiger partial charge in [-0.25, -0.2) is 0 Å². The lowest BCUT2D eigenvalue weighted by molar-refractivity contribution is -0.134. The maximum atomic E-state index is 12.7. The molecule has 0 spiro atoms. The lowest BCUT2D eigenvalue weighted by atomic mass is 9.84. The van der Waals surface area contributed by atoms with Crippen LogP contribution < -0.4 is 16.2 Å². The molecule has 1 fully saturated rings. The first kappa shape index (κ1) is 22.1.